The highest BCUT2D eigenvalue weighted by Crippen LogP contribution is 2.47. The summed E-state index contributed by atoms with van der Waals surface area (Å²) in [6.07, 6.45) is 2.33. The van der Waals surface area contributed by atoms with Crippen LogP contribution in [0.3, 0.4) is 0 Å². The van der Waals surface area contributed by atoms with Crippen molar-refractivity contribution in [3.8, 4) is 11.5 Å². The average molecular weight is 378 g/mol. The number of aromatic hydroxyl groups is 1. The molecule has 0 radical (unpaired) electrons. The molecule has 0 unspecified atom stereocenters. The monoisotopic (exact) mass is 378 g/mol. The normalized spacial score (nSPS) is 30.9. The van der Waals surface area contributed by atoms with Crippen molar-refractivity contribution < 1.29 is 14.6 Å². The number of carbonyl (C=O) groups is 1. The number of phenolic OH excluding ortho intramolecular Hbond substituents is 1. The summed E-state index contributed by atoms with van der Waals surface area (Å²) in [6, 6.07) is 15.6. The summed E-state index contributed by atoms with van der Waals surface area (Å²) in [4.78, 5) is 18.1. The van der Waals surface area contributed by atoms with E-state index in [9.17, 15) is 9.90 Å². The molecule has 4 aliphatic rings. The maximum atomic E-state index is 13.4. The van der Waals surface area contributed by atoms with Crippen LogP contribution in [0.25, 0.3) is 0 Å². The van der Waals surface area contributed by atoms with Crippen LogP contribution in [0.2, 0.25) is 0 Å². The van der Waals surface area contributed by atoms with Gasteiger partial charge in [0.2, 0.25) is 0 Å². The molecule has 4 heterocycles. The van der Waals surface area contributed by atoms with Crippen molar-refractivity contribution in [2.75, 3.05) is 26.7 Å². The third-order valence-electron chi connectivity index (χ3n) is 6.89. The van der Waals surface area contributed by atoms with E-state index < -0.39 is 0 Å². The van der Waals surface area contributed by atoms with Gasteiger partial charge in [0.15, 0.2) is 0 Å². The van der Waals surface area contributed by atoms with Crippen LogP contribution in [0.15, 0.2) is 48.5 Å². The number of likely N-dealkylation sites (tertiary alicyclic amines) is 1. The number of rotatable bonds is 3. The van der Waals surface area contributed by atoms with E-state index in [4.69, 9.17) is 4.74 Å². The number of amides is 1. The van der Waals surface area contributed by atoms with Crippen molar-refractivity contribution in [3.63, 3.8) is 0 Å². The molecule has 2 aromatic rings. The van der Waals surface area contributed by atoms with Gasteiger partial charge >= 0.3 is 0 Å². The molecule has 5 nitrogen and oxygen atoms in total. The number of carbonyl (C=O) groups excluding carboxylic acids is 1. The molecule has 5 heteroatoms. The Morgan fingerprint density at radius 3 is 2.50 bits per heavy atom. The molecule has 4 aliphatic heterocycles. The number of methoxy groups -OCH3 is 1. The number of ether oxygens (including phenoxy) is 1. The fraction of sp³-hybridized carbons (Fsp3) is 0.435. The van der Waals surface area contributed by atoms with E-state index in [-0.39, 0.29) is 17.9 Å². The van der Waals surface area contributed by atoms with Crippen molar-refractivity contribution in [2.45, 2.75) is 30.8 Å². The number of fused-ring (bicyclic) bond motifs is 2. The van der Waals surface area contributed by atoms with E-state index in [0.29, 0.717) is 29.8 Å². The maximum absolute atomic E-state index is 13.4. The van der Waals surface area contributed by atoms with E-state index in [1.54, 1.807) is 13.2 Å². The highest BCUT2D eigenvalue weighted by molar-refractivity contribution is 5.95. The van der Waals surface area contributed by atoms with Crippen LogP contribution in [-0.4, -0.2) is 59.6 Å². The van der Waals surface area contributed by atoms with Gasteiger partial charge in [0.1, 0.15) is 11.5 Å². The SMILES string of the molecule is COc1ccc(C(=O)N2C[C@@H](c3cccc(O)c3)[C@@H]3[C@H]2C2CCN3CC2)cc1. The molecule has 0 aromatic heterocycles. The minimum absolute atomic E-state index is 0.106. The number of nitrogens with zero attached hydrogens (tertiary/aromatic N) is 2. The van der Waals surface area contributed by atoms with Crippen molar-refractivity contribution in [3.05, 3.63) is 59.7 Å². The van der Waals surface area contributed by atoms with Crippen LogP contribution in [0.4, 0.5) is 0 Å². The number of hydrogen-bond acceptors (Lipinski definition) is 4. The molecule has 28 heavy (non-hydrogen) atoms. The summed E-state index contributed by atoms with van der Waals surface area (Å²) in [5.74, 6) is 1.97. The standard InChI is InChI=1S/C23H26N2O3/c1-28-19-7-5-16(6-8-19)23(27)25-14-20(17-3-2-4-18(26)13-17)22-21(25)15-9-11-24(22)12-10-15/h2-8,13,15,20-22,26H,9-12,14H2,1H3/t20-,21+,22+/m0/s1. The van der Waals surface area contributed by atoms with Crippen molar-refractivity contribution in [1.82, 2.24) is 9.80 Å². The zero-order chi connectivity index (χ0) is 19.3. The Hall–Kier alpha value is -2.53. The van der Waals surface area contributed by atoms with Crippen molar-refractivity contribution in [2.24, 2.45) is 5.92 Å². The van der Waals surface area contributed by atoms with Crippen molar-refractivity contribution >= 4 is 5.91 Å². The third-order valence-corrected chi connectivity index (χ3v) is 6.89. The Balaban J connectivity index is 1.50. The van der Waals surface area contributed by atoms with Gasteiger partial charge in [0.25, 0.3) is 5.91 Å². The number of piperidine rings is 3. The minimum Gasteiger partial charge on any atom is -0.508 e. The Kier molecular flexibility index (Phi) is 4.27. The minimum atomic E-state index is 0.106. The van der Waals surface area contributed by atoms with Gasteiger partial charge in [-0.05, 0) is 73.8 Å². The Labute approximate surface area is 165 Å². The second kappa shape index (κ2) is 6.82. The lowest BCUT2D eigenvalue weighted by atomic mass is 9.75. The molecule has 0 spiro atoms. The second-order valence-corrected chi connectivity index (χ2v) is 8.24. The number of benzene rings is 2. The lowest BCUT2D eigenvalue weighted by Crippen LogP contribution is -2.60. The summed E-state index contributed by atoms with van der Waals surface area (Å²) in [6.45, 7) is 2.94. The lowest BCUT2D eigenvalue weighted by molar-refractivity contribution is -0.00341. The first-order valence-corrected chi connectivity index (χ1v) is 10.1. The summed E-state index contributed by atoms with van der Waals surface area (Å²) in [7, 11) is 1.63. The van der Waals surface area contributed by atoms with Gasteiger partial charge in [-0.2, -0.15) is 0 Å². The Morgan fingerprint density at radius 1 is 1.07 bits per heavy atom. The van der Waals surface area contributed by atoms with E-state index >= 15 is 0 Å². The highest BCUT2D eigenvalue weighted by atomic mass is 16.5. The molecule has 0 aliphatic carbocycles. The van der Waals surface area contributed by atoms with Gasteiger partial charge < -0.3 is 14.7 Å². The predicted octanol–water partition coefficient (Wildman–Crippen LogP) is 3.10. The van der Waals surface area contributed by atoms with Crippen LogP contribution in [-0.2, 0) is 0 Å². The number of phenols is 1. The molecule has 0 saturated carbocycles. The van der Waals surface area contributed by atoms with Crippen LogP contribution < -0.4 is 4.74 Å². The maximum Gasteiger partial charge on any atom is 0.254 e. The van der Waals surface area contributed by atoms with Crippen LogP contribution in [0.1, 0.15) is 34.7 Å². The molecule has 2 aromatic carbocycles. The quantitative estimate of drug-likeness (QED) is 0.892. The molecule has 1 amide bonds. The molecule has 146 valence electrons. The third kappa shape index (κ3) is 2.76. The molecular formula is C23H26N2O3. The van der Waals surface area contributed by atoms with Gasteiger partial charge in [-0.3, -0.25) is 9.69 Å². The Bertz CT molecular complexity index is 874. The molecule has 4 saturated heterocycles. The molecular weight excluding hydrogens is 352 g/mol. The van der Waals surface area contributed by atoms with Gasteiger partial charge in [-0.1, -0.05) is 12.1 Å². The largest absolute Gasteiger partial charge is 0.508 e. The van der Waals surface area contributed by atoms with Crippen LogP contribution in [0, 0.1) is 5.92 Å². The zero-order valence-corrected chi connectivity index (χ0v) is 16.1. The summed E-state index contributed by atoms with van der Waals surface area (Å²) in [5, 5.41) is 10.00. The van der Waals surface area contributed by atoms with Crippen LogP contribution in [0.5, 0.6) is 11.5 Å². The highest BCUT2D eigenvalue weighted by Gasteiger charge is 2.54. The summed E-state index contributed by atoms with van der Waals surface area (Å²) < 4.78 is 5.23. The topological polar surface area (TPSA) is 53.0 Å². The fourth-order valence-electron chi connectivity index (χ4n) is 5.60. The van der Waals surface area contributed by atoms with E-state index in [1.165, 1.54) is 12.8 Å². The van der Waals surface area contributed by atoms with Gasteiger partial charge in [-0.15, -0.1) is 0 Å². The van der Waals surface area contributed by atoms with Gasteiger partial charge in [0.05, 0.1) is 13.2 Å². The first-order chi connectivity index (χ1) is 13.7. The zero-order valence-electron chi connectivity index (χ0n) is 16.1. The number of hydrogen-bond donors (Lipinski definition) is 1. The smallest absolute Gasteiger partial charge is 0.254 e. The predicted molar refractivity (Wildman–Crippen MR) is 107 cm³/mol. The van der Waals surface area contributed by atoms with Crippen LogP contribution >= 0.6 is 0 Å². The van der Waals surface area contributed by atoms with Crippen molar-refractivity contribution in [1.29, 1.82) is 0 Å². The first kappa shape index (κ1) is 17.6. The van der Waals surface area contributed by atoms with E-state index in [0.717, 1.165) is 24.4 Å². The van der Waals surface area contributed by atoms with Gasteiger partial charge in [-0.25, -0.2) is 0 Å². The lowest BCUT2D eigenvalue weighted by Gasteiger charge is -2.51. The fourth-order valence-corrected chi connectivity index (χ4v) is 5.60. The molecule has 1 N–H and O–H groups in total. The summed E-state index contributed by atoms with van der Waals surface area (Å²) >= 11 is 0. The first-order valence-electron chi connectivity index (χ1n) is 10.1. The summed E-state index contributed by atoms with van der Waals surface area (Å²) in [5.41, 5.74) is 1.85. The van der Waals surface area contributed by atoms with Gasteiger partial charge in [0, 0.05) is 24.1 Å². The Morgan fingerprint density at radius 2 is 1.82 bits per heavy atom. The van der Waals surface area contributed by atoms with E-state index in [2.05, 4.69) is 15.9 Å². The molecule has 6 rings (SSSR count). The molecule has 3 atom stereocenters. The average Bonchev–Trinajstić information content (AvgIpc) is 3.17. The second-order valence-electron chi connectivity index (χ2n) is 8.24. The van der Waals surface area contributed by atoms with E-state index in [1.807, 2.05) is 36.4 Å². The molecule has 4 fully saturated rings. The molecule has 2 bridgehead atoms.